The molecule has 0 spiro atoms. The molecule has 140 valence electrons. The normalized spacial score (nSPS) is 13.9. The second-order valence-electron chi connectivity index (χ2n) is 8.38. The van der Waals surface area contributed by atoms with Crippen LogP contribution in [0, 0.1) is 0 Å². The van der Waals surface area contributed by atoms with Crippen molar-refractivity contribution in [2.75, 3.05) is 6.61 Å². The van der Waals surface area contributed by atoms with Crippen molar-refractivity contribution in [3.05, 3.63) is 78.1 Å². The van der Waals surface area contributed by atoms with E-state index < -0.39 is 8.32 Å². The van der Waals surface area contributed by atoms with Crippen LogP contribution in [0.3, 0.4) is 0 Å². The van der Waals surface area contributed by atoms with E-state index in [-0.39, 0.29) is 11.0 Å². The van der Waals surface area contributed by atoms with Gasteiger partial charge in [-0.1, -0.05) is 69.3 Å². The highest BCUT2D eigenvalue weighted by molar-refractivity contribution is 6.74. The molecule has 1 heterocycles. The van der Waals surface area contributed by atoms with Crippen molar-refractivity contribution in [3.63, 3.8) is 0 Å². The Kier molecular flexibility index (Phi) is 7.36. The Morgan fingerprint density at radius 2 is 1.73 bits per heavy atom. The molecule has 1 aromatic heterocycles. The first-order chi connectivity index (χ1) is 12.3. The van der Waals surface area contributed by atoms with Gasteiger partial charge in [0.25, 0.3) is 0 Å². The van der Waals surface area contributed by atoms with Gasteiger partial charge in [-0.05, 0) is 48.7 Å². The molecular formula is C23H33NOSi. The predicted molar refractivity (Wildman–Crippen MR) is 114 cm³/mol. The van der Waals surface area contributed by atoms with Crippen LogP contribution in [0.15, 0.2) is 66.9 Å². The molecule has 0 radical (unpaired) electrons. The largest absolute Gasteiger partial charge is 0.416 e. The van der Waals surface area contributed by atoms with Crippen molar-refractivity contribution in [2.45, 2.75) is 57.7 Å². The summed E-state index contributed by atoms with van der Waals surface area (Å²) in [5.41, 5.74) is 2.46. The third-order valence-electron chi connectivity index (χ3n) is 5.31. The van der Waals surface area contributed by atoms with E-state index >= 15 is 0 Å². The van der Waals surface area contributed by atoms with E-state index in [4.69, 9.17) is 4.43 Å². The van der Waals surface area contributed by atoms with Crippen molar-refractivity contribution >= 4 is 8.32 Å². The van der Waals surface area contributed by atoms with Gasteiger partial charge in [0.2, 0.25) is 0 Å². The van der Waals surface area contributed by atoms with Crippen LogP contribution in [0.4, 0.5) is 0 Å². The molecule has 0 unspecified atom stereocenters. The Balaban J connectivity index is 2.01. The number of hydrogen-bond acceptors (Lipinski definition) is 2. The van der Waals surface area contributed by atoms with Crippen molar-refractivity contribution in [2.24, 2.45) is 0 Å². The summed E-state index contributed by atoms with van der Waals surface area (Å²) in [6.45, 7) is 12.2. The number of hydrogen-bond donors (Lipinski definition) is 0. The van der Waals surface area contributed by atoms with Crippen LogP contribution < -0.4 is 0 Å². The monoisotopic (exact) mass is 367 g/mol. The summed E-state index contributed by atoms with van der Waals surface area (Å²) >= 11 is 0. The molecule has 1 aromatic carbocycles. The van der Waals surface area contributed by atoms with Crippen molar-refractivity contribution in [1.82, 2.24) is 4.98 Å². The summed E-state index contributed by atoms with van der Waals surface area (Å²) in [5, 5.41) is 0.221. The van der Waals surface area contributed by atoms with Gasteiger partial charge in [-0.3, -0.25) is 4.98 Å². The summed E-state index contributed by atoms with van der Waals surface area (Å²) < 4.78 is 6.47. The lowest BCUT2D eigenvalue weighted by atomic mass is 10.0. The first kappa shape index (κ1) is 20.6. The van der Waals surface area contributed by atoms with Crippen LogP contribution in [-0.4, -0.2) is 19.9 Å². The first-order valence-electron chi connectivity index (χ1n) is 9.55. The molecule has 0 saturated carbocycles. The first-order valence-corrected chi connectivity index (χ1v) is 12.5. The number of aromatic nitrogens is 1. The standard InChI is InChI=1S/C23H33NOSi/c1-23(2,3)26(4,5)25-19-21(22-17-11-12-18-24-22)16-10-9-15-20-13-7-6-8-14-20/h6-8,10-14,16-18,21H,9,15,19H2,1-5H3/b16-10+/t21-/m0/s1. The van der Waals surface area contributed by atoms with Crippen LogP contribution in [-0.2, 0) is 10.8 Å². The van der Waals surface area contributed by atoms with Crippen molar-refractivity contribution < 1.29 is 4.43 Å². The minimum absolute atomic E-state index is 0.209. The van der Waals surface area contributed by atoms with Gasteiger partial charge < -0.3 is 4.43 Å². The minimum Gasteiger partial charge on any atom is -0.416 e. The van der Waals surface area contributed by atoms with Crippen LogP contribution in [0.1, 0.15) is 44.4 Å². The number of nitrogens with zero attached hydrogens (tertiary/aromatic N) is 1. The smallest absolute Gasteiger partial charge is 0.192 e. The highest BCUT2D eigenvalue weighted by Crippen LogP contribution is 2.37. The van der Waals surface area contributed by atoms with E-state index in [1.807, 2.05) is 12.3 Å². The van der Waals surface area contributed by atoms with Gasteiger partial charge in [-0.15, -0.1) is 0 Å². The fourth-order valence-corrected chi connectivity index (χ4v) is 3.53. The van der Waals surface area contributed by atoms with Crippen molar-refractivity contribution in [3.8, 4) is 0 Å². The maximum Gasteiger partial charge on any atom is 0.192 e. The molecular weight excluding hydrogens is 334 g/mol. The Hall–Kier alpha value is -1.71. The SMILES string of the molecule is CC(C)(C)[Si](C)(C)OC[C@H](/C=C/CCc1ccccc1)c1ccccn1. The molecule has 0 saturated heterocycles. The topological polar surface area (TPSA) is 22.1 Å². The van der Waals surface area contributed by atoms with E-state index in [2.05, 4.69) is 93.5 Å². The molecule has 0 bridgehead atoms. The Bertz CT molecular complexity index is 674. The molecule has 0 fully saturated rings. The number of benzene rings is 1. The average molecular weight is 368 g/mol. The summed E-state index contributed by atoms with van der Waals surface area (Å²) in [6, 6.07) is 16.8. The Labute approximate surface area is 160 Å². The fourth-order valence-electron chi connectivity index (χ4n) is 2.50. The van der Waals surface area contributed by atoms with Gasteiger partial charge in [0.1, 0.15) is 0 Å². The summed E-state index contributed by atoms with van der Waals surface area (Å²) in [7, 11) is -1.76. The lowest BCUT2D eigenvalue weighted by Crippen LogP contribution is -2.41. The molecule has 2 aromatic rings. The Morgan fingerprint density at radius 1 is 1.04 bits per heavy atom. The molecule has 1 atom stereocenters. The lowest BCUT2D eigenvalue weighted by molar-refractivity contribution is 0.276. The molecule has 26 heavy (non-hydrogen) atoms. The third-order valence-corrected chi connectivity index (χ3v) is 9.81. The van der Waals surface area contributed by atoms with Gasteiger partial charge in [-0.25, -0.2) is 0 Å². The van der Waals surface area contributed by atoms with Gasteiger partial charge in [-0.2, -0.15) is 0 Å². The quantitative estimate of drug-likeness (QED) is 0.399. The van der Waals surface area contributed by atoms with E-state index in [1.165, 1.54) is 5.56 Å². The highest BCUT2D eigenvalue weighted by Gasteiger charge is 2.37. The molecule has 3 heteroatoms. The Morgan fingerprint density at radius 3 is 2.35 bits per heavy atom. The molecule has 0 aliphatic heterocycles. The van der Waals surface area contributed by atoms with E-state index in [9.17, 15) is 0 Å². The number of pyridine rings is 1. The summed E-state index contributed by atoms with van der Waals surface area (Å²) in [4.78, 5) is 4.56. The maximum absolute atomic E-state index is 6.47. The van der Waals surface area contributed by atoms with Crippen LogP contribution in [0.5, 0.6) is 0 Å². The second kappa shape index (κ2) is 9.29. The van der Waals surface area contributed by atoms with Crippen LogP contribution in [0.2, 0.25) is 18.1 Å². The maximum atomic E-state index is 6.47. The molecule has 2 nitrogen and oxygen atoms in total. The third kappa shape index (κ3) is 6.22. The molecule has 0 aliphatic rings. The van der Waals surface area contributed by atoms with Crippen molar-refractivity contribution in [1.29, 1.82) is 0 Å². The molecule has 0 N–H and O–H groups in total. The zero-order valence-electron chi connectivity index (χ0n) is 16.9. The van der Waals surface area contributed by atoms with E-state index in [0.717, 1.165) is 18.5 Å². The lowest BCUT2D eigenvalue weighted by Gasteiger charge is -2.37. The highest BCUT2D eigenvalue weighted by atomic mass is 28.4. The van der Waals surface area contributed by atoms with Gasteiger partial charge in [0.05, 0.1) is 0 Å². The van der Waals surface area contributed by atoms with Crippen LogP contribution in [0.25, 0.3) is 0 Å². The molecule has 0 amide bonds. The van der Waals surface area contributed by atoms with E-state index in [0.29, 0.717) is 6.61 Å². The van der Waals surface area contributed by atoms with E-state index in [1.54, 1.807) is 0 Å². The number of allylic oxidation sites excluding steroid dienone is 1. The van der Waals surface area contributed by atoms with Gasteiger partial charge in [0, 0.05) is 24.4 Å². The molecule has 2 rings (SSSR count). The fraction of sp³-hybridized carbons (Fsp3) is 0.435. The minimum atomic E-state index is -1.76. The number of aryl methyl sites for hydroxylation is 1. The molecule has 0 aliphatic carbocycles. The average Bonchev–Trinajstić information content (AvgIpc) is 2.61. The second-order valence-corrected chi connectivity index (χ2v) is 13.2. The number of rotatable bonds is 8. The van der Waals surface area contributed by atoms with Gasteiger partial charge >= 0.3 is 0 Å². The summed E-state index contributed by atoms with van der Waals surface area (Å²) in [6.07, 6.45) is 8.52. The van der Waals surface area contributed by atoms with Crippen LogP contribution >= 0.6 is 0 Å². The predicted octanol–water partition coefficient (Wildman–Crippen LogP) is 6.38. The zero-order chi connectivity index (χ0) is 19.0. The summed E-state index contributed by atoms with van der Waals surface area (Å²) in [5.74, 6) is 0.209. The van der Waals surface area contributed by atoms with Gasteiger partial charge in [0.15, 0.2) is 8.32 Å². The zero-order valence-corrected chi connectivity index (χ0v) is 17.9.